The lowest BCUT2D eigenvalue weighted by Crippen LogP contribution is -2.52. The third kappa shape index (κ3) is 14.7. The number of carbonyl (C=O) groups excluding carboxylic acids is 4. The third-order valence-corrected chi connectivity index (χ3v) is 19.3. The number of esters is 2. The summed E-state index contributed by atoms with van der Waals surface area (Å²) in [6.07, 6.45) is 3.45. The summed E-state index contributed by atoms with van der Waals surface area (Å²) in [5, 5.41) is 8.55. The molecule has 3 aliphatic heterocycles. The van der Waals surface area contributed by atoms with Crippen molar-refractivity contribution in [1.29, 1.82) is 0 Å². The quantitative estimate of drug-likeness (QED) is 0.0414. The number of anilines is 2. The molecule has 0 radical (unpaired) electrons. The van der Waals surface area contributed by atoms with Crippen molar-refractivity contribution in [2.75, 3.05) is 115 Å². The molecule has 88 heavy (non-hydrogen) atoms. The number of amides is 2. The molecule has 0 aliphatic carbocycles. The minimum Gasteiger partial charge on any atom is -0.494 e. The van der Waals surface area contributed by atoms with Crippen molar-refractivity contribution in [3.63, 3.8) is 0 Å². The average molecular weight is 1230 g/mol. The lowest BCUT2D eigenvalue weighted by Gasteiger charge is -2.37. The Morgan fingerprint density at radius 2 is 0.864 bits per heavy atom. The molecular weight excluding hydrogens is 1150 g/mol. The first kappa shape index (κ1) is 61.9. The Morgan fingerprint density at radius 3 is 1.27 bits per heavy atom. The largest absolute Gasteiger partial charge is 0.494 e. The van der Waals surface area contributed by atoms with Crippen LogP contribution in [0.1, 0.15) is 66.2 Å². The number of pyridine rings is 2. The highest BCUT2D eigenvalue weighted by atomic mass is 32.1. The fourth-order valence-corrected chi connectivity index (χ4v) is 13.8. The molecule has 8 aromatic rings. The summed E-state index contributed by atoms with van der Waals surface area (Å²) in [5.41, 5.74) is 0.632. The standard InChI is InChI=1S/C68H80N8O10S2/c1-67(2,65(81)85-47-75-57-43-51(19-15-49(57)17-21-61(75)77)83-39-7-5-25-69-27-31-71(32-28-69)55-11-9-13-59-53(55)23-41-87-59)45-63(79)73-35-37-74(38-36-73)64(80)46-68(3,4)66(82)86-48-76-58-44-52(20-16-50(58)18-22-62(76)78)84-40-8-6-26-70-29-33-72(34-30-70)56-12-10-14-60-54(56)24-42-88-60/h9-24,41-44H,5-8,25-40,45-48H2,1-4H3. The number of unbranched alkanes of at least 4 members (excludes halogenated alkanes) is 2. The van der Waals surface area contributed by atoms with Gasteiger partial charge in [-0.2, -0.15) is 0 Å². The number of rotatable bonds is 24. The molecule has 0 unspecified atom stereocenters. The second-order valence-corrected chi connectivity index (χ2v) is 26.5. The number of nitrogens with zero attached hydrogens (tertiary/aromatic N) is 8. The van der Waals surface area contributed by atoms with Crippen molar-refractivity contribution in [3.8, 4) is 11.5 Å². The Labute approximate surface area is 521 Å². The third-order valence-electron chi connectivity index (χ3n) is 17.5. The molecule has 20 heteroatoms. The van der Waals surface area contributed by atoms with Gasteiger partial charge < -0.3 is 38.5 Å². The van der Waals surface area contributed by atoms with Crippen LogP contribution in [0.2, 0.25) is 0 Å². The van der Waals surface area contributed by atoms with E-state index in [9.17, 15) is 28.8 Å². The minimum atomic E-state index is -1.23. The molecule has 0 atom stereocenters. The van der Waals surface area contributed by atoms with Gasteiger partial charge >= 0.3 is 11.9 Å². The number of piperazine rings is 3. The second-order valence-electron chi connectivity index (χ2n) is 24.6. The van der Waals surface area contributed by atoms with Crippen LogP contribution < -0.4 is 30.4 Å². The summed E-state index contributed by atoms with van der Waals surface area (Å²) in [6, 6.07) is 35.0. The van der Waals surface area contributed by atoms with Gasteiger partial charge in [-0.05, 0) is 161 Å². The summed E-state index contributed by atoms with van der Waals surface area (Å²) < 4.78 is 29.3. The molecule has 2 amide bonds. The van der Waals surface area contributed by atoms with E-state index in [1.54, 1.807) is 84.4 Å². The zero-order chi connectivity index (χ0) is 61.4. The van der Waals surface area contributed by atoms with Crippen LogP contribution in [0.3, 0.4) is 0 Å². The van der Waals surface area contributed by atoms with Crippen LogP contribution in [0.5, 0.6) is 11.5 Å². The van der Waals surface area contributed by atoms with Crippen molar-refractivity contribution in [1.82, 2.24) is 28.7 Å². The van der Waals surface area contributed by atoms with Gasteiger partial charge in [-0.1, -0.05) is 12.1 Å². The molecular formula is C68H80N8O10S2. The number of hydrogen-bond donors (Lipinski definition) is 0. The van der Waals surface area contributed by atoms with Gasteiger partial charge in [0, 0.05) is 147 Å². The number of hydrogen-bond acceptors (Lipinski definition) is 16. The second kappa shape index (κ2) is 27.7. The van der Waals surface area contributed by atoms with E-state index < -0.39 is 22.8 Å². The number of thiophene rings is 2. The summed E-state index contributed by atoms with van der Waals surface area (Å²) >= 11 is 3.56. The van der Waals surface area contributed by atoms with Crippen molar-refractivity contribution in [2.45, 2.75) is 79.7 Å². The van der Waals surface area contributed by atoms with Crippen molar-refractivity contribution < 1.29 is 38.1 Å². The molecule has 3 fully saturated rings. The zero-order valence-electron chi connectivity index (χ0n) is 51.0. The molecule has 3 saturated heterocycles. The van der Waals surface area contributed by atoms with Gasteiger partial charge in [0.05, 0.1) is 35.1 Å². The maximum atomic E-state index is 13.7. The van der Waals surface area contributed by atoms with Crippen LogP contribution in [-0.2, 0) is 42.1 Å². The van der Waals surface area contributed by atoms with Gasteiger partial charge in [0.25, 0.3) is 11.1 Å². The normalized spacial score (nSPS) is 15.6. The fraction of sp³-hybridized carbons (Fsp3) is 0.441. The van der Waals surface area contributed by atoms with Gasteiger partial charge in [0.1, 0.15) is 11.5 Å². The van der Waals surface area contributed by atoms with Crippen LogP contribution in [0.15, 0.2) is 130 Å². The smallest absolute Gasteiger partial charge is 0.313 e. The SMILES string of the molecule is CC(C)(CC(=O)N1CCN(C(=O)CC(C)(C)C(=O)OCn2c(=O)ccc3ccc(OCCCCN4CCN(c5cccc6sccc56)CC4)cc32)CC1)C(=O)OCn1c(=O)ccc2ccc(OCCCCN3CCN(c4cccc5sccc45)CC3)cc21. The van der Waals surface area contributed by atoms with Crippen molar-refractivity contribution in [2.24, 2.45) is 10.8 Å². The first-order valence-corrected chi connectivity index (χ1v) is 32.6. The lowest BCUT2D eigenvalue weighted by atomic mass is 9.88. The minimum absolute atomic E-state index is 0.147. The molecule has 18 nitrogen and oxygen atoms in total. The van der Waals surface area contributed by atoms with Crippen molar-refractivity contribution >= 4 is 99.8 Å². The van der Waals surface area contributed by atoms with E-state index in [1.807, 2.05) is 24.3 Å². The molecule has 3 aliphatic rings. The van der Waals surface area contributed by atoms with Gasteiger partial charge in [-0.25, -0.2) is 0 Å². The fourth-order valence-electron chi connectivity index (χ4n) is 12.1. The molecule has 0 N–H and O–H groups in total. The maximum Gasteiger partial charge on any atom is 0.313 e. The molecule has 0 spiro atoms. The van der Waals surface area contributed by atoms with Gasteiger partial charge in [-0.15, -0.1) is 22.7 Å². The van der Waals surface area contributed by atoms with Crippen LogP contribution in [-0.4, -0.2) is 157 Å². The summed E-state index contributed by atoms with van der Waals surface area (Å²) in [5.74, 6) is -0.577. The number of ether oxygens (including phenoxy) is 4. The number of aromatic nitrogens is 2. The predicted molar refractivity (Wildman–Crippen MR) is 349 cm³/mol. The number of carbonyl (C=O) groups is 4. The van der Waals surface area contributed by atoms with E-state index in [1.165, 1.54) is 52.8 Å². The Kier molecular flexibility index (Phi) is 19.5. The zero-order valence-corrected chi connectivity index (χ0v) is 52.6. The summed E-state index contributed by atoms with van der Waals surface area (Å²) in [4.78, 5) is 94.4. The van der Waals surface area contributed by atoms with E-state index >= 15 is 0 Å². The predicted octanol–water partition coefficient (Wildman–Crippen LogP) is 9.91. The molecule has 464 valence electrons. The molecule has 11 rings (SSSR count). The van der Waals surface area contributed by atoms with E-state index in [2.05, 4.69) is 78.9 Å². The van der Waals surface area contributed by atoms with Gasteiger partial charge in [-0.3, -0.25) is 47.7 Å². The highest BCUT2D eigenvalue weighted by Crippen LogP contribution is 2.34. The Morgan fingerprint density at radius 1 is 0.466 bits per heavy atom. The van der Waals surface area contributed by atoms with E-state index in [-0.39, 0.29) is 75.4 Å². The monoisotopic (exact) mass is 1230 g/mol. The molecule has 4 aromatic heterocycles. The molecule has 7 heterocycles. The van der Waals surface area contributed by atoms with Gasteiger partial charge in [0.2, 0.25) is 11.8 Å². The molecule has 0 saturated carbocycles. The Balaban J connectivity index is 0.583. The van der Waals surface area contributed by atoms with Crippen LogP contribution >= 0.6 is 22.7 Å². The summed E-state index contributed by atoms with van der Waals surface area (Å²) in [7, 11) is 0. The van der Waals surface area contributed by atoms with E-state index in [0.717, 1.165) is 102 Å². The number of benzene rings is 4. The Hall–Kier alpha value is -7.78. The summed E-state index contributed by atoms with van der Waals surface area (Å²) in [6.45, 7) is 17.9. The van der Waals surface area contributed by atoms with Crippen LogP contribution in [0, 0.1) is 10.8 Å². The average Bonchev–Trinajstić information content (AvgIpc) is 2.53. The topological polar surface area (TPSA) is 169 Å². The first-order chi connectivity index (χ1) is 42.6. The van der Waals surface area contributed by atoms with Crippen LogP contribution in [0.4, 0.5) is 11.4 Å². The van der Waals surface area contributed by atoms with Gasteiger partial charge in [0.15, 0.2) is 13.5 Å². The van der Waals surface area contributed by atoms with Crippen LogP contribution in [0.25, 0.3) is 42.0 Å². The number of fused-ring (bicyclic) bond motifs is 4. The van der Waals surface area contributed by atoms with Crippen molar-refractivity contribution in [3.05, 3.63) is 141 Å². The highest BCUT2D eigenvalue weighted by Gasteiger charge is 2.38. The lowest BCUT2D eigenvalue weighted by molar-refractivity contribution is -0.162. The first-order valence-electron chi connectivity index (χ1n) is 30.9. The molecule has 0 bridgehead atoms. The Bertz CT molecular complexity index is 3650. The van der Waals surface area contributed by atoms with E-state index in [0.29, 0.717) is 35.7 Å². The molecule has 4 aromatic carbocycles. The highest BCUT2D eigenvalue weighted by molar-refractivity contribution is 7.17. The maximum absolute atomic E-state index is 13.7. The van der Waals surface area contributed by atoms with E-state index in [4.69, 9.17) is 18.9 Å².